The molecular weight excluding hydrogens is 276 g/mol. The lowest BCUT2D eigenvalue weighted by molar-refractivity contribution is -0.140. The smallest absolute Gasteiger partial charge is 0.333 e. The molecule has 0 aliphatic carbocycles. The highest BCUT2D eigenvalue weighted by molar-refractivity contribution is 5.86. The second kappa shape index (κ2) is 6.89. The minimum atomic E-state index is -0.404. The van der Waals surface area contributed by atoms with Crippen molar-refractivity contribution in [2.45, 2.75) is 26.9 Å². The van der Waals surface area contributed by atoms with Gasteiger partial charge in [0.1, 0.15) is 12.4 Å². The van der Waals surface area contributed by atoms with E-state index in [1.165, 1.54) is 0 Å². The third-order valence-corrected chi connectivity index (χ3v) is 3.30. The summed E-state index contributed by atoms with van der Waals surface area (Å²) in [6.07, 6.45) is 2.45. The maximum Gasteiger partial charge on any atom is 0.333 e. The van der Waals surface area contributed by atoms with Gasteiger partial charge in [0.2, 0.25) is 0 Å². The highest BCUT2D eigenvalue weighted by Gasteiger charge is 2.15. The minimum absolute atomic E-state index is 0.140. The second-order valence-corrected chi connectivity index (χ2v) is 5.08. The molecule has 0 atom stereocenters. The number of carbonyl (C=O) groups is 1. The van der Waals surface area contributed by atoms with Gasteiger partial charge in [0, 0.05) is 23.4 Å². The Bertz CT molecular complexity index is 699. The third-order valence-electron chi connectivity index (χ3n) is 3.30. The molecule has 0 spiro atoms. The van der Waals surface area contributed by atoms with E-state index < -0.39 is 5.97 Å². The molecule has 0 unspecified atom stereocenters. The molecule has 0 aliphatic heterocycles. The molecule has 0 saturated heterocycles. The van der Waals surface area contributed by atoms with E-state index in [4.69, 9.17) is 4.74 Å². The quantitative estimate of drug-likeness (QED) is 0.465. The molecule has 22 heavy (non-hydrogen) atoms. The summed E-state index contributed by atoms with van der Waals surface area (Å²) < 4.78 is 7.27. The molecular formula is C18H20N2O2. The lowest BCUT2D eigenvalue weighted by atomic mass is 10.3. The van der Waals surface area contributed by atoms with Crippen molar-refractivity contribution in [3.8, 4) is 5.69 Å². The van der Waals surface area contributed by atoms with Crippen LogP contribution in [0.25, 0.3) is 5.69 Å². The molecule has 2 aromatic rings. The zero-order valence-electron chi connectivity index (χ0n) is 13.0. The first kappa shape index (κ1) is 15.8. The van der Waals surface area contributed by atoms with E-state index in [0.29, 0.717) is 12.0 Å². The lowest BCUT2D eigenvalue weighted by Crippen LogP contribution is -2.06. The fourth-order valence-electron chi connectivity index (χ4n) is 2.19. The van der Waals surface area contributed by atoms with Crippen molar-refractivity contribution < 1.29 is 9.53 Å². The largest absolute Gasteiger partial charge is 0.456 e. The SMILES string of the molecule is C=CCc1nc(COC(=O)C(=C)C)c(C)n1-c1ccccc1. The van der Waals surface area contributed by atoms with Gasteiger partial charge >= 0.3 is 5.97 Å². The van der Waals surface area contributed by atoms with Crippen molar-refractivity contribution >= 4 is 5.97 Å². The lowest BCUT2D eigenvalue weighted by Gasteiger charge is -2.09. The van der Waals surface area contributed by atoms with Gasteiger partial charge in [-0.1, -0.05) is 30.9 Å². The van der Waals surface area contributed by atoms with Gasteiger partial charge in [0.05, 0.1) is 5.69 Å². The van der Waals surface area contributed by atoms with Crippen LogP contribution in [0.5, 0.6) is 0 Å². The van der Waals surface area contributed by atoms with E-state index in [9.17, 15) is 4.79 Å². The van der Waals surface area contributed by atoms with E-state index in [2.05, 4.69) is 22.7 Å². The fourth-order valence-corrected chi connectivity index (χ4v) is 2.19. The van der Waals surface area contributed by atoms with E-state index in [1.54, 1.807) is 6.92 Å². The Morgan fingerprint density at radius 2 is 2.05 bits per heavy atom. The van der Waals surface area contributed by atoms with Gasteiger partial charge in [-0.2, -0.15) is 0 Å². The van der Waals surface area contributed by atoms with Crippen molar-refractivity contribution in [1.82, 2.24) is 9.55 Å². The topological polar surface area (TPSA) is 44.1 Å². The highest BCUT2D eigenvalue weighted by Crippen LogP contribution is 2.19. The number of esters is 1. The molecule has 0 saturated carbocycles. The van der Waals surface area contributed by atoms with Crippen LogP contribution in [0.4, 0.5) is 0 Å². The Labute approximate surface area is 130 Å². The molecule has 0 N–H and O–H groups in total. The predicted octanol–water partition coefficient (Wildman–Crippen LogP) is 3.53. The van der Waals surface area contributed by atoms with Crippen molar-refractivity contribution in [2.24, 2.45) is 0 Å². The molecule has 4 nitrogen and oxygen atoms in total. The van der Waals surface area contributed by atoms with Gasteiger partial charge in [0.15, 0.2) is 0 Å². The van der Waals surface area contributed by atoms with Crippen molar-refractivity contribution in [1.29, 1.82) is 0 Å². The van der Waals surface area contributed by atoms with Crippen LogP contribution in [0.15, 0.2) is 55.1 Å². The van der Waals surface area contributed by atoms with Gasteiger partial charge in [-0.05, 0) is 26.0 Å². The molecule has 114 valence electrons. The van der Waals surface area contributed by atoms with Crippen molar-refractivity contribution in [2.75, 3.05) is 0 Å². The normalized spacial score (nSPS) is 10.3. The van der Waals surface area contributed by atoms with Gasteiger partial charge in [-0.3, -0.25) is 0 Å². The Hall–Kier alpha value is -2.62. The van der Waals surface area contributed by atoms with Gasteiger partial charge < -0.3 is 9.30 Å². The molecule has 0 bridgehead atoms. The zero-order valence-corrected chi connectivity index (χ0v) is 13.0. The molecule has 1 aromatic carbocycles. The number of hydrogen-bond donors (Lipinski definition) is 0. The summed E-state index contributed by atoms with van der Waals surface area (Å²) in [5.41, 5.74) is 3.11. The van der Waals surface area contributed by atoms with E-state index in [1.807, 2.05) is 43.3 Å². The molecule has 2 rings (SSSR count). The maximum atomic E-state index is 11.5. The van der Waals surface area contributed by atoms with Crippen molar-refractivity contribution in [3.63, 3.8) is 0 Å². The van der Waals surface area contributed by atoms with Crippen LogP contribution < -0.4 is 0 Å². The average molecular weight is 296 g/mol. The molecule has 0 fully saturated rings. The summed E-state index contributed by atoms with van der Waals surface area (Å²) in [4.78, 5) is 16.1. The first-order valence-corrected chi connectivity index (χ1v) is 7.10. The summed E-state index contributed by atoms with van der Waals surface area (Å²) in [6.45, 7) is 11.1. The standard InChI is InChI=1S/C18H20N2O2/c1-5-9-17-19-16(12-22-18(21)13(2)3)14(4)20(17)15-10-7-6-8-11-15/h5-8,10-11H,1-2,9,12H2,3-4H3. The number of hydrogen-bond acceptors (Lipinski definition) is 3. The Morgan fingerprint density at radius 1 is 1.36 bits per heavy atom. The first-order chi connectivity index (χ1) is 10.5. The fraction of sp³-hybridized carbons (Fsp3) is 0.222. The van der Waals surface area contributed by atoms with Gasteiger partial charge in [0.25, 0.3) is 0 Å². The maximum absolute atomic E-state index is 11.5. The summed E-state index contributed by atoms with van der Waals surface area (Å²) >= 11 is 0. The predicted molar refractivity (Wildman–Crippen MR) is 86.8 cm³/mol. The zero-order chi connectivity index (χ0) is 16.1. The highest BCUT2D eigenvalue weighted by atomic mass is 16.5. The summed E-state index contributed by atoms with van der Waals surface area (Å²) in [5.74, 6) is 0.471. The Morgan fingerprint density at radius 3 is 2.64 bits per heavy atom. The Kier molecular flexibility index (Phi) is 4.94. The number of benzene rings is 1. The number of allylic oxidation sites excluding steroid dienone is 1. The van der Waals surface area contributed by atoms with Gasteiger partial charge in [-0.25, -0.2) is 9.78 Å². The summed E-state index contributed by atoms with van der Waals surface area (Å²) in [5, 5.41) is 0. The Balaban J connectivity index is 2.35. The summed E-state index contributed by atoms with van der Waals surface area (Å²) in [7, 11) is 0. The monoisotopic (exact) mass is 296 g/mol. The number of para-hydroxylation sites is 1. The van der Waals surface area contributed by atoms with Crippen LogP contribution in [-0.4, -0.2) is 15.5 Å². The number of imidazole rings is 1. The molecule has 0 radical (unpaired) electrons. The van der Waals surface area contributed by atoms with E-state index >= 15 is 0 Å². The van der Waals surface area contributed by atoms with Crippen LogP contribution in [0.1, 0.15) is 24.1 Å². The van der Waals surface area contributed by atoms with Crippen LogP contribution in [0.2, 0.25) is 0 Å². The van der Waals surface area contributed by atoms with Crippen LogP contribution in [0.3, 0.4) is 0 Å². The third kappa shape index (κ3) is 3.34. The average Bonchev–Trinajstić information content (AvgIpc) is 2.82. The summed E-state index contributed by atoms with van der Waals surface area (Å²) in [6, 6.07) is 9.97. The van der Waals surface area contributed by atoms with Crippen LogP contribution >= 0.6 is 0 Å². The first-order valence-electron chi connectivity index (χ1n) is 7.10. The number of aromatic nitrogens is 2. The molecule has 0 amide bonds. The number of rotatable bonds is 6. The van der Waals surface area contributed by atoms with E-state index in [-0.39, 0.29) is 6.61 Å². The molecule has 4 heteroatoms. The minimum Gasteiger partial charge on any atom is -0.456 e. The van der Waals surface area contributed by atoms with Crippen LogP contribution in [-0.2, 0) is 22.6 Å². The molecule has 1 aromatic heterocycles. The number of ether oxygens (including phenoxy) is 1. The van der Waals surface area contributed by atoms with E-state index in [0.717, 1.165) is 22.9 Å². The number of nitrogens with zero attached hydrogens (tertiary/aromatic N) is 2. The molecule has 1 heterocycles. The van der Waals surface area contributed by atoms with Gasteiger partial charge in [-0.15, -0.1) is 6.58 Å². The van der Waals surface area contributed by atoms with Crippen molar-refractivity contribution in [3.05, 3.63) is 72.4 Å². The molecule has 0 aliphatic rings. The van der Waals surface area contributed by atoms with Crippen LogP contribution in [0, 0.1) is 6.92 Å². The second-order valence-electron chi connectivity index (χ2n) is 5.08. The number of carbonyl (C=O) groups excluding carboxylic acids is 1.